The van der Waals surface area contributed by atoms with Crippen LogP contribution in [-0.4, -0.2) is 31.2 Å². The van der Waals surface area contributed by atoms with Crippen LogP contribution in [0.1, 0.15) is 11.1 Å². The van der Waals surface area contributed by atoms with Crippen molar-refractivity contribution >= 4 is 5.69 Å². The van der Waals surface area contributed by atoms with E-state index in [-0.39, 0.29) is 0 Å². The Morgan fingerprint density at radius 1 is 1.19 bits per heavy atom. The van der Waals surface area contributed by atoms with Crippen LogP contribution in [0, 0.1) is 6.92 Å². The van der Waals surface area contributed by atoms with Gasteiger partial charge in [-0.05, 0) is 18.1 Å². The lowest BCUT2D eigenvalue weighted by atomic mass is 10.1. The number of rotatable bonds is 4. The summed E-state index contributed by atoms with van der Waals surface area (Å²) >= 11 is 0. The first kappa shape index (κ1) is 13.9. The molecule has 0 unspecified atom stereocenters. The highest BCUT2D eigenvalue weighted by Crippen LogP contribution is 2.21. The number of pyridine rings is 1. The van der Waals surface area contributed by atoms with Crippen LogP contribution >= 0.6 is 0 Å². The molecule has 2 heterocycles. The number of hydrogen-bond donors (Lipinski definition) is 1. The molecule has 1 fully saturated rings. The molecule has 1 N–H and O–H groups in total. The number of nitrogens with one attached hydrogen (secondary N) is 1. The zero-order chi connectivity index (χ0) is 14.5. The van der Waals surface area contributed by atoms with Crippen LogP contribution in [0.5, 0.6) is 5.75 Å². The Labute approximate surface area is 125 Å². The predicted molar refractivity (Wildman–Crippen MR) is 84.8 cm³/mol. The molecular weight excluding hydrogens is 262 g/mol. The fourth-order valence-corrected chi connectivity index (χ4v) is 2.52. The molecule has 0 radical (unpaired) electrons. The van der Waals surface area contributed by atoms with Gasteiger partial charge in [-0.2, -0.15) is 0 Å². The molecular formula is C17H21N3O. The molecule has 0 atom stereocenters. The van der Waals surface area contributed by atoms with Crippen molar-refractivity contribution in [2.45, 2.75) is 13.5 Å². The maximum atomic E-state index is 5.90. The van der Waals surface area contributed by atoms with Gasteiger partial charge in [0.25, 0.3) is 0 Å². The van der Waals surface area contributed by atoms with E-state index in [9.17, 15) is 0 Å². The fourth-order valence-electron chi connectivity index (χ4n) is 2.52. The van der Waals surface area contributed by atoms with Crippen LogP contribution in [0.25, 0.3) is 0 Å². The van der Waals surface area contributed by atoms with E-state index < -0.39 is 0 Å². The van der Waals surface area contributed by atoms with E-state index in [0.717, 1.165) is 37.6 Å². The minimum Gasteiger partial charge on any atom is -0.487 e. The van der Waals surface area contributed by atoms with Gasteiger partial charge in [0.05, 0.1) is 18.1 Å². The van der Waals surface area contributed by atoms with E-state index in [1.165, 1.54) is 11.1 Å². The van der Waals surface area contributed by atoms with E-state index >= 15 is 0 Å². The number of piperazine rings is 1. The van der Waals surface area contributed by atoms with Gasteiger partial charge in [-0.1, -0.05) is 24.3 Å². The van der Waals surface area contributed by atoms with Gasteiger partial charge in [0.15, 0.2) is 0 Å². The number of ether oxygens (including phenoxy) is 1. The Balaban J connectivity index is 1.67. The molecule has 0 amide bonds. The van der Waals surface area contributed by atoms with Crippen LogP contribution in [-0.2, 0) is 6.61 Å². The summed E-state index contributed by atoms with van der Waals surface area (Å²) in [5.74, 6) is 0.828. The number of aromatic nitrogens is 1. The van der Waals surface area contributed by atoms with Crippen molar-refractivity contribution < 1.29 is 4.74 Å². The third kappa shape index (κ3) is 3.52. The van der Waals surface area contributed by atoms with E-state index in [2.05, 4.69) is 40.3 Å². The van der Waals surface area contributed by atoms with E-state index in [0.29, 0.717) is 6.61 Å². The molecule has 0 saturated carbocycles. The Hall–Kier alpha value is -2.07. The van der Waals surface area contributed by atoms with E-state index in [1.54, 1.807) is 6.20 Å². The van der Waals surface area contributed by atoms with Crippen molar-refractivity contribution in [2.75, 3.05) is 31.1 Å². The number of nitrogens with zero attached hydrogens (tertiary/aromatic N) is 2. The number of anilines is 1. The molecule has 1 saturated heterocycles. The third-order valence-corrected chi connectivity index (χ3v) is 3.84. The maximum absolute atomic E-state index is 5.90. The summed E-state index contributed by atoms with van der Waals surface area (Å²) in [4.78, 5) is 6.64. The largest absolute Gasteiger partial charge is 0.487 e. The van der Waals surface area contributed by atoms with E-state index in [4.69, 9.17) is 4.74 Å². The first-order valence-corrected chi connectivity index (χ1v) is 7.41. The Morgan fingerprint density at radius 2 is 2.00 bits per heavy atom. The zero-order valence-corrected chi connectivity index (χ0v) is 12.4. The lowest BCUT2D eigenvalue weighted by Gasteiger charge is -2.29. The second-order valence-electron chi connectivity index (χ2n) is 5.33. The normalized spacial score (nSPS) is 15.0. The topological polar surface area (TPSA) is 37.4 Å². The summed E-state index contributed by atoms with van der Waals surface area (Å²) in [6.45, 7) is 6.77. The van der Waals surface area contributed by atoms with Crippen LogP contribution < -0.4 is 15.0 Å². The van der Waals surface area contributed by atoms with Crippen molar-refractivity contribution in [3.63, 3.8) is 0 Å². The number of aryl methyl sites for hydroxylation is 1. The van der Waals surface area contributed by atoms with Gasteiger partial charge in [-0.15, -0.1) is 0 Å². The average Bonchev–Trinajstić information content (AvgIpc) is 2.55. The molecule has 0 spiro atoms. The monoisotopic (exact) mass is 283 g/mol. The summed E-state index contributed by atoms with van der Waals surface area (Å²) < 4.78 is 5.90. The lowest BCUT2D eigenvalue weighted by Crippen LogP contribution is -2.43. The highest BCUT2D eigenvalue weighted by Gasteiger charge is 2.11. The first-order valence-electron chi connectivity index (χ1n) is 7.41. The molecule has 1 aliphatic rings. The smallest absolute Gasteiger partial charge is 0.140 e. The standard InChI is InChI=1S/C17H21N3O/c1-14-4-2-3-5-15(14)13-21-17-10-16(11-19-12-17)20-8-6-18-7-9-20/h2-5,10-12,18H,6-9,13H2,1H3. The van der Waals surface area contributed by atoms with Crippen molar-refractivity contribution in [2.24, 2.45) is 0 Å². The molecule has 1 aromatic carbocycles. The Bertz CT molecular complexity index is 594. The van der Waals surface area contributed by atoms with Gasteiger partial charge in [-0.25, -0.2) is 0 Å². The summed E-state index contributed by atoms with van der Waals surface area (Å²) in [6.07, 6.45) is 3.69. The van der Waals surface area contributed by atoms with Crippen molar-refractivity contribution in [3.05, 3.63) is 53.9 Å². The van der Waals surface area contributed by atoms with Crippen molar-refractivity contribution in [3.8, 4) is 5.75 Å². The van der Waals surface area contributed by atoms with Gasteiger partial charge in [0, 0.05) is 32.2 Å². The number of hydrogen-bond acceptors (Lipinski definition) is 4. The summed E-state index contributed by atoms with van der Waals surface area (Å²) in [7, 11) is 0. The molecule has 1 aliphatic heterocycles. The van der Waals surface area contributed by atoms with Crippen LogP contribution in [0.15, 0.2) is 42.7 Å². The molecule has 3 rings (SSSR count). The van der Waals surface area contributed by atoms with Gasteiger partial charge < -0.3 is 15.0 Å². The van der Waals surface area contributed by atoms with Gasteiger partial charge in [0.1, 0.15) is 12.4 Å². The second-order valence-corrected chi connectivity index (χ2v) is 5.33. The molecule has 4 heteroatoms. The van der Waals surface area contributed by atoms with E-state index in [1.807, 2.05) is 18.3 Å². The average molecular weight is 283 g/mol. The third-order valence-electron chi connectivity index (χ3n) is 3.84. The Morgan fingerprint density at radius 3 is 2.81 bits per heavy atom. The van der Waals surface area contributed by atoms with Gasteiger partial charge in [-0.3, -0.25) is 4.98 Å². The van der Waals surface area contributed by atoms with Crippen LogP contribution in [0.3, 0.4) is 0 Å². The summed E-state index contributed by atoms with van der Waals surface area (Å²) in [6, 6.07) is 10.4. The summed E-state index contributed by atoms with van der Waals surface area (Å²) in [5, 5.41) is 3.36. The minimum atomic E-state index is 0.583. The summed E-state index contributed by atoms with van der Waals surface area (Å²) in [5.41, 5.74) is 3.60. The molecule has 110 valence electrons. The maximum Gasteiger partial charge on any atom is 0.140 e. The van der Waals surface area contributed by atoms with Gasteiger partial charge >= 0.3 is 0 Å². The highest BCUT2D eigenvalue weighted by molar-refractivity contribution is 5.48. The fraction of sp³-hybridized carbons (Fsp3) is 0.353. The van der Waals surface area contributed by atoms with Gasteiger partial charge in [0.2, 0.25) is 0 Å². The second kappa shape index (κ2) is 6.59. The molecule has 0 aliphatic carbocycles. The van der Waals surface area contributed by atoms with Crippen molar-refractivity contribution in [1.29, 1.82) is 0 Å². The van der Waals surface area contributed by atoms with Crippen LogP contribution in [0.2, 0.25) is 0 Å². The quantitative estimate of drug-likeness (QED) is 0.935. The molecule has 4 nitrogen and oxygen atoms in total. The lowest BCUT2D eigenvalue weighted by molar-refractivity contribution is 0.304. The molecule has 21 heavy (non-hydrogen) atoms. The van der Waals surface area contributed by atoms with Crippen molar-refractivity contribution in [1.82, 2.24) is 10.3 Å². The molecule has 1 aromatic heterocycles. The van der Waals surface area contributed by atoms with Crippen LogP contribution in [0.4, 0.5) is 5.69 Å². The first-order chi connectivity index (χ1) is 10.3. The SMILES string of the molecule is Cc1ccccc1COc1cncc(N2CCNCC2)c1. The predicted octanol–water partition coefficient (Wildman–Crippen LogP) is 2.38. The minimum absolute atomic E-state index is 0.583. The Kier molecular flexibility index (Phi) is 4.36. The zero-order valence-electron chi connectivity index (χ0n) is 12.4. The molecule has 2 aromatic rings. The molecule has 0 bridgehead atoms. The number of benzene rings is 1. The highest BCUT2D eigenvalue weighted by atomic mass is 16.5.